The molecule has 4 aliphatic rings. The van der Waals surface area contributed by atoms with E-state index < -0.39 is 10.2 Å². The fourth-order valence-electron chi connectivity index (χ4n) is 5.53. The summed E-state index contributed by atoms with van der Waals surface area (Å²) >= 11 is 0. The molecule has 4 rings (SSSR count). The highest BCUT2D eigenvalue weighted by Gasteiger charge is 2.54. The van der Waals surface area contributed by atoms with Crippen LogP contribution < -0.4 is 4.72 Å². The molecule has 0 radical (unpaired) electrons. The van der Waals surface area contributed by atoms with E-state index in [4.69, 9.17) is 0 Å². The highest BCUT2D eigenvalue weighted by molar-refractivity contribution is 7.87. The molecule has 1 atom stereocenters. The molecule has 20 heavy (non-hydrogen) atoms. The number of hydrogen-bond donors (Lipinski definition) is 1. The SMILES string of the molecule is CC[C@@H](NS(=O)(=O)N(C)C)C12CC3CC(CC(C3)C1)C2. The molecule has 0 heterocycles. The summed E-state index contributed by atoms with van der Waals surface area (Å²) in [6, 6.07) is 0.114. The van der Waals surface area contributed by atoms with Crippen LogP contribution in [0.15, 0.2) is 0 Å². The Hall–Kier alpha value is -0.130. The van der Waals surface area contributed by atoms with Gasteiger partial charge in [-0.3, -0.25) is 0 Å². The van der Waals surface area contributed by atoms with Crippen LogP contribution in [0.25, 0.3) is 0 Å². The molecule has 1 N–H and O–H groups in total. The molecular formula is C15H28N2O2S. The quantitative estimate of drug-likeness (QED) is 0.847. The van der Waals surface area contributed by atoms with Crippen molar-refractivity contribution in [1.82, 2.24) is 9.03 Å². The summed E-state index contributed by atoms with van der Waals surface area (Å²) in [7, 11) is -0.108. The van der Waals surface area contributed by atoms with Gasteiger partial charge in [0.05, 0.1) is 0 Å². The molecule has 116 valence electrons. The number of hydrogen-bond acceptors (Lipinski definition) is 2. The Morgan fingerprint density at radius 3 is 1.90 bits per heavy atom. The maximum absolute atomic E-state index is 12.2. The number of nitrogens with zero attached hydrogens (tertiary/aromatic N) is 1. The Labute approximate surface area is 123 Å². The minimum atomic E-state index is -3.32. The molecule has 0 saturated heterocycles. The van der Waals surface area contributed by atoms with Gasteiger partial charge in [-0.25, -0.2) is 0 Å². The van der Waals surface area contributed by atoms with E-state index in [0.717, 1.165) is 24.2 Å². The van der Waals surface area contributed by atoms with Crippen molar-refractivity contribution in [2.45, 2.75) is 57.9 Å². The van der Waals surface area contributed by atoms with Crippen LogP contribution >= 0.6 is 0 Å². The summed E-state index contributed by atoms with van der Waals surface area (Å²) in [5.74, 6) is 2.58. The summed E-state index contributed by atoms with van der Waals surface area (Å²) < 4.78 is 28.7. The van der Waals surface area contributed by atoms with Crippen LogP contribution in [0.3, 0.4) is 0 Å². The summed E-state index contributed by atoms with van der Waals surface area (Å²) in [6.07, 6.45) is 8.83. The first-order valence-electron chi connectivity index (χ1n) is 8.04. The summed E-state index contributed by atoms with van der Waals surface area (Å²) in [5.41, 5.74) is 0.243. The largest absolute Gasteiger partial charge is 0.279 e. The average Bonchev–Trinajstić information content (AvgIpc) is 2.34. The minimum absolute atomic E-state index is 0.114. The maximum atomic E-state index is 12.2. The molecule has 0 aromatic carbocycles. The van der Waals surface area contributed by atoms with E-state index in [1.165, 1.54) is 42.8 Å². The molecule has 4 bridgehead atoms. The lowest BCUT2D eigenvalue weighted by molar-refractivity contribution is -0.0705. The van der Waals surface area contributed by atoms with Gasteiger partial charge >= 0.3 is 0 Å². The molecule has 0 aromatic heterocycles. The van der Waals surface area contributed by atoms with Crippen molar-refractivity contribution < 1.29 is 8.42 Å². The Morgan fingerprint density at radius 2 is 1.55 bits per heavy atom. The zero-order chi connectivity index (χ0) is 14.5. The van der Waals surface area contributed by atoms with E-state index in [9.17, 15) is 8.42 Å². The average molecular weight is 300 g/mol. The van der Waals surface area contributed by atoms with Crippen LogP contribution in [0, 0.1) is 23.2 Å². The van der Waals surface area contributed by atoms with Crippen molar-refractivity contribution in [3.05, 3.63) is 0 Å². The van der Waals surface area contributed by atoms with Crippen LogP contribution in [0.5, 0.6) is 0 Å². The first-order chi connectivity index (χ1) is 9.34. The normalized spacial score (nSPS) is 41.3. The monoisotopic (exact) mass is 300 g/mol. The number of rotatable bonds is 5. The first kappa shape index (κ1) is 14.8. The molecule has 0 aliphatic heterocycles. The molecular weight excluding hydrogens is 272 g/mol. The second kappa shape index (κ2) is 4.96. The van der Waals surface area contributed by atoms with Crippen molar-refractivity contribution in [3.63, 3.8) is 0 Å². The molecule has 4 aliphatic carbocycles. The van der Waals surface area contributed by atoms with Gasteiger partial charge in [-0.15, -0.1) is 0 Å². The van der Waals surface area contributed by atoms with Gasteiger partial charge in [0.25, 0.3) is 10.2 Å². The zero-order valence-corrected chi connectivity index (χ0v) is 13.7. The maximum Gasteiger partial charge on any atom is 0.279 e. The van der Waals surface area contributed by atoms with Gasteiger partial charge < -0.3 is 0 Å². The van der Waals surface area contributed by atoms with Crippen molar-refractivity contribution in [3.8, 4) is 0 Å². The molecule has 0 amide bonds. The van der Waals surface area contributed by atoms with Crippen molar-refractivity contribution in [2.75, 3.05) is 14.1 Å². The van der Waals surface area contributed by atoms with Gasteiger partial charge in [-0.2, -0.15) is 17.4 Å². The molecule has 4 nitrogen and oxygen atoms in total. The lowest BCUT2D eigenvalue weighted by Gasteiger charge is -2.59. The van der Waals surface area contributed by atoms with Crippen molar-refractivity contribution >= 4 is 10.2 Å². The standard InChI is InChI=1S/C15H28N2O2S/c1-4-14(16-20(18,19)17(2)3)15-8-11-5-12(9-15)7-13(6-11)10-15/h11-14,16H,4-10H2,1-3H3/t11?,12?,13?,14-,15?/m1/s1. The topological polar surface area (TPSA) is 49.4 Å². The second-order valence-corrected chi connectivity index (χ2v) is 9.56. The van der Waals surface area contributed by atoms with Gasteiger partial charge in [0.15, 0.2) is 0 Å². The fraction of sp³-hybridized carbons (Fsp3) is 1.00. The van der Waals surface area contributed by atoms with Gasteiger partial charge in [0, 0.05) is 20.1 Å². The van der Waals surface area contributed by atoms with Gasteiger partial charge in [0.2, 0.25) is 0 Å². The lowest BCUT2D eigenvalue weighted by Crippen LogP contribution is -2.57. The zero-order valence-electron chi connectivity index (χ0n) is 12.9. The fourth-order valence-corrected chi connectivity index (χ4v) is 6.52. The summed E-state index contributed by atoms with van der Waals surface area (Å²) in [5, 5.41) is 0. The van der Waals surface area contributed by atoms with E-state index in [0.29, 0.717) is 0 Å². The highest BCUT2D eigenvalue weighted by Crippen LogP contribution is 2.61. The molecule has 0 unspecified atom stereocenters. The third kappa shape index (κ3) is 2.42. The second-order valence-electron chi connectivity index (χ2n) is 7.65. The molecule has 0 aromatic rings. The Balaban J connectivity index is 1.82. The van der Waals surface area contributed by atoms with Crippen LogP contribution in [-0.2, 0) is 10.2 Å². The van der Waals surface area contributed by atoms with E-state index in [2.05, 4.69) is 11.6 Å². The van der Waals surface area contributed by atoms with Crippen LogP contribution in [0.4, 0.5) is 0 Å². The summed E-state index contributed by atoms with van der Waals surface area (Å²) in [6.45, 7) is 2.13. The van der Waals surface area contributed by atoms with E-state index >= 15 is 0 Å². The predicted octanol–water partition coefficient (Wildman–Crippen LogP) is 2.38. The van der Waals surface area contributed by atoms with Crippen LogP contribution in [0.2, 0.25) is 0 Å². The molecule has 4 saturated carbocycles. The molecule has 0 spiro atoms. The Morgan fingerprint density at radius 1 is 1.10 bits per heavy atom. The van der Waals surface area contributed by atoms with Crippen molar-refractivity contribution in [1.29, 1.82) is 0 Å². The van der Waals surface area contributed by atoms with Crippen LogP contribution in [-0.4, -0.2) is 32.9 Å². The summed E-state index contributed by atoms with van der Waals surface area (Å²) in [4.78, 5) is 0. The third-order valence-electron chi connectivity index (χ3n) is 6.00. The van der Waals surface area contributed by atoms with E-state index in [1.54, 1.807) is 14.1 Å². The van der Waals surface area contributed by atoms with Gasteiger partial charge in [0.1, 0.15) is 0 Å². The van der Waals surface area contributed by atoms with E-state index in [1.807, 2.05) is 0 Å². The van der Waals surface area contributed by atoms with Gasteiger partial charge in [-0.1, -0.05) is 6.92 Å². The minimum Gasteiger partial charge on any atom is -0.199 e. The Bertz CT molecular complexity index is 437. The first-order valence-corrected chi connectivity index (χ1v) is 9.48. The number of nitrogens with one attached hydrogen (secondary N) is 1. The van der Waals surface area contributed by atoms with Gasteiger partial charge in [-0.05, 0) is 68.1 Å². The highest BCUT2D eigenvalue weighted by atomic mass is 32.2. The lowest BCUT2D eigenvalue weighted by atomic mass is 9.47. The Kier molecular flexibility index (Phi) is 3.67. The molecule has 5 heteroatoms. The third-order valence-corrected chi connectivity index (χ3v) is 7.55. The van der Waals surface area contributed by atoms with Crippen molar-refractivity contribution in [2.24, 2.45) is 23.2 Å². The van der Waals surface area contributed by atoms with E-state index in [-0.39, 0.29) is 11.5 Å². The molecule has 4 fully saturated rings. The predicted molar refractivity (Wildman–Crippen MR) is 80.4 cm³/mol. The van der Waals surface area contributed by atoms with Crippen LogP contribution in [0.1, 0.15) is 51.9 Å². The smallest absolute Gasteiger partial charge is 0.199 e.